The molecule has 0 saturated carbocycles. The molecule has 0 aromatic carbocycles. The van der Waals surface area contributed by atoms with E-state index in [-0.39, 0.29) is 31.1 Å². The van der Waals surface area contributed by atoms with Gasteiger partial charge in [-0.25, -0.2) is 0 Å². The van der Waals surface area contributed by atoms with E-state index >= 15 is 0 Å². The van der Waals surface area contributed by atoms with Crippen LogP contribution in [0.5, 0.6) is 0 Å². The van der Waals surface area contributed by atoms with Crippen molar-refractivity contribution < 1.29 is 28.6 Å². The summed E-state index contributed by atoms with van der Waals surface area (Å²) >= 11 is 0. The van der Waals surface area contributed by atoms with Crippen molar-refractivity contribution in [1.82, 2.24) is 0 Å². The van der Waals surface area contributed by atoms with Gasteiger partial charge in [0.2, 0.25) is 0 Å². The molecule has 0 aliphatic carbocycles. The van der Waals surface area contributed by atoms with Gasteiger partial charge in [0.25, 0.3) is 0 Å². The monoisotopic (exact) mass is 981 g/mol. The van der Waals surface area contributed by atoms with Crippen molar-refractivity contribution in [2.24, 2.45) is 0 Å². The zero-order valence-corrected chi connectivity index (χ0v) is 46.8. The molecular weight excluding hydrogens is 865 g/mol. The van der Waals surface area contributed by atoms with Crippen molar-refractivity contribution in [1.29, 1.82) is 0 Å². The summed E-state index contributed by atoms with van der Waals surface area (Å²) in [5, 5.41) is 0. The Bertz CT molecular complexity index is 1220. The number of esters is 3. The molecule has 0 spiro atoms. The second kappa shape index (κ2) is 58.9. The first-order chi connectivity index (χ1) is 34.5. The van der Waals surface area contributed by atoms with Crippen molar-refractivity contribution in [3.63, 3.8) is 0 Å². The Morgan fingerprint density at radius 2 is 0.514 bits per heavy atom. The van der Waals surface area contributed by atoms with Crippen LogP contribution in [0, 0.1) is 0 Å². The number of rotatable bonds is 56. The molecule has 0 aromatic heterocycles. The highest BCUT2D eigenvalue weighted by Crippen LogP contribution is 2.17. The van der Waals surface area contributed by atoms with Crippen LogP contribution in [0.3, 0.4) is 0 Å². The normalized spacial score (nSPS) is 12.3. The lowest BCUT2D eigenvalue weighted by Gasteiger charge is -2.18. The quantitative estimate of drug-likeness (QED) is 0.0261. The largest absolute Gasteiger partial charge is 0.462 e. The van der Waals surface area contributed by atoms with E-state index in [2.05, 4.69) is 69.4 Å². The van der Waals surface area contributed by atoms with E-state index in [1.165, 1.54) is 199 Å². The number of allylic oxidation sites excluding steroid dienone is 8. The van der Waals surface area contributed by atoms with Gasteiger partial charge < -0.3 is 14.2 Å². The van der Waals surface area contributed by atoms with Crippen molar-refractivity contribution in [2.45, 2.75) is 329 Å². The van der Waals surface area contributed by atoms with Gasteiger partial charge >= 0.3 is 17.9 Å². The Hall–Kier alpha value is -2.63. The molecule has 0 radical (unpaired) electrons. The molecule has 0 amide bonds. The fourth-order valence-corrected chi connectivity index (χ4v) is 8.92. The molecular formula is C64H116O6. The van der Waals surface area contributed by atoms with Crippen LogP contribution in [0.15, 0.2) is 48.6 Å². The number of unbranched alkanes of at least 4 members (excludes halogenated alkanes) is 37. The smallest absolute Gasteiger partial charge is 0.306 e. The number of carbonyl (C=O) groups excluding carboxylic acids is 3. The van der Waals surface area contributed by atoms with Gasteiger partial charge in [0.15, 0.2) is 6.10 Å². The summed E-state index contributed by atoms with van der Waals surface area (Å²) in [5.41, 5.74) is 0. The van der Waals surface area contributed by atoms with Crippen LogP contribution < -0.4 is 0 Å². The van der Waals surface area contributed by atoms with E-state index in [1.54, 1.807) is 0 Å². The van der Waals surface area contributed by atoms with E-state index in [0.717, 1.165) is 83.5 Å². The van der Waals surface area contributed by atoms with Crippen molar-refractivity contribution >= 4 is 17.9 Å². The summed E-state index contributed by atoms with van der Waals surface area (Å²) in [7, 11) is 0. The molecule has 408 valence electrons. The maximum Gasteiger partial charge on any atom is 0.306 e. The SMILES string of the molecule is CCCCC/C=C\C/C=C\CCCCCCCCCC(=O)OC[C@H](COC(=O)CCCCCCCCCCCCCCCCCCCC)OC(=O)CCCCCCCCC/C=C\C/C=C\CCCCC. The molecule has 0 aliphatic heterocycles. The number of ether oxygens (including phenoxy) is 3. The zero-order valence-electron chi connectivity index (χ0n) is 46.8. The fraction of sp³-hybridized carbons (Fsp3) is 0.828. The third-order valence-electron chi connectivity index (χ3n) is 13.6. The molecule has 0 rings (SSSR count). The topological polar surface area (TPSA) is 78.9 Å². The Balaban J connectivity index is 4.37. The summed E-state index contributed by atoms with van der Waals surface area (Å²) in [6.45, 7) is 6.62. The van der Waals surface area contributed by atoms with Gasteiger partial charge in [-0.1, -0.05) is 268 Å². The highest BCUT2D eigenvalue weighted by molar-refractivity contribution is 5.71. The molecule has 0 N–H and O–H groups in total. The fourth-order valence-electron chi connectivity index (χ4n) is 8.92. The predicted octanol–water partition coefficient (Wildman–Crippen LogP) is 20.6. The minimum Gasteiger partial charge on any atom is -0.462 e. The van der Waals surface area contributed by atoms with E-state index in [0.29, 0.717) is 19.3 Å². The molecule has 0 aliphatic rings. The lowest BCUT2D eigenvalue weighted by Crippen LogP contribution is -2.30. The molecule has 0 heterocycles. The lowest BCUT2D eigenvalue weighted by atomic mass is 10.0. The van der Waals surface area contributed by atoms with Gasteiger partial charge in [-0.15, -0.1) is 0 Å². The maximum absolute atomic E-state index is 12.9. The van der Waals surface area contributed by atoms with E-state index in [9.17, 15) is 14.4 Å². The summed E-state index contributed by atoms with van der Waals surface area (Å²) in [6, 6.07) is 0. The van der Waals surface area contributed by atoms with E-state index in [4.69, 9.17) is 14.2 Å². The highest BCUT2D eigenvalue weighted by atomic mass is 16.6. The number of hydrogen-bond donors (Lipinski definition) is 0. The minimum absolute atomic E-state index is 0.0756. The molecule has 6 heteroatoms. The van der Waals surface area contributed by atoms with E-state index < -0.39 is 6.10 Å². The molecule has 0 fully saturated rings. The minimum atomic E-state index is -0.779. The molecule has 0 saturated heterocycles. The summed E-state index contributed by atoms with van der Waals surface area (Å²) in [6.07, 6.45) is 72.4. The van der Waals surface area contributed by atoms with Crippen LogP contribution in [0.25, 0.3) is 0 Å². The van der Waals surface area contributed by atoms with Crippen LogP contribution >= 0.6 is 0 Å². The maximum atomic E-state index is 12.9. The first-order valence-electron chi connectivity index (χ1n) is 30.6. The van der Waals surface area contributed by atoms with Crippen molar-refractivity contribution in [3.05, 3.63) is 48.6 Å². The van der Waals surface area contributed by atoms with Crippen molar-refractivity contribution in [2.75, 3.05) is 13.2 Å². The average Bonchev–Trinajstić information content (AvgIpc) is 3.36. The predicted molar refractivity (Wildman–Crippen MR) is 302 cm³/mol. The Morgan fingerprint density at radius 3 is 0.814 bits per heavy atom. The highest BCUT2D eigenvalue weighted by Gasteiger charge is 2.19. The Kier molecular flexibility index (Phi) is 56.7. The van der Waals surface area contributed by atoms with Gasteiger partial charge in [-0.05, 0) is 83.5 Å². The first kappa shape index (κ1) is 67.4. The van der Waals surface area contributed by atoms with Gasteiger partial charge in [0.1, 0.15) is 13.2 Å². The second-order valence-electron chi connectivity index (χ2n) is 20.6. The summed E-state index contributed by atoms with van der Waals surface area (Å²) in [4.78, 5) is 38.3. The van der Waals surface area contributed by atoms with Crippen LogP contribution in [0.4, 0.5) is 0 Å². The molecule has 70 heavy (non-hydrogen) atoms. The molecule has 0 aromatic rings. The van der Waals surface area contributed by atoms with Gasteiger partial charge in [0, 0.05) is 19.3 Å². The Labute approximate surface area is 435 Å². The van der Waals surface area contributed by atoms with Gasteiger partial charge in [-0.2, -0.15) is 0 Å². The zero-order chi connectivity index (χ0) is 50.7. The molecule has 1 atom stereocenters. The molecule has 0 bridgehead atoms. The van der Waals surface area contributed by atoms with Gasteiger partial charge in [0.05, 0.1) is 0 Å². The van der Waals surface area contributed by atoms with Crippen LogP contribution in [-0.4, -0.2) is 37.2 Å². The number of hydrogen-bond acceptors (Lipinski definition) is 6. The molecule has 0 unspecified atom stereocenters. The molecule has 6 nitrogen and oxygen atoms in total. The van der Waals surface area contributed by atoms with Crippen molar-refractivity contribution in [3.8, 4) is 0 Å². The van der Waals surface area contributed by atoms with Crippen LogP contribution in [-0.2, 0) is 28.6 Å². The third-order valence-corrected chi connectivity index (χ3v) is 13.6. The van der Waals surface area contributed by atoms with Gasteiger partial charge in [-0.3, -0.25) is 14.4 Å². The Morgan fingerprint density at radius 1 is 0.286 bits per heavy atom. The lowest BCUT2D eigenvalue weighted by molar-refractivity contribution is -0.167. The van der Waals surface area contributed by atoms with Crippen LogP contribution in [0.1, 0.15) is 323 Å². The third kappa shape index (κ3) is 56.3. The van der Waals surface area contributed by atoms with Crippen LogP contribution in [0.2, 0.25) is 0 Å². The standard InChI is InChI=1S/C64H116O6/c1-4-7-10-13-16-19-22-25-28-31-34-36-39-42-45-48-51-54-57-63(66)69-60-61(70-64(67)58-55-52-49-46-43-40-37-33-30-27-24-21-18-15-12-9-6-3)59-68-62(65)56-53-50-47-44-41-38-35-32-29-26-23-20-17-14-11-8-5-2/h17-18,20-21,26-27,29-30,61H,4-16,19,22-25,28,31-60H2,1-3H3/b20-17-,21-18-,29-26-,30-27-/t61-/m1/s1. The number of carbonyl (C=O) groups is 3. The average molecular weight is 982 g/mol. The second-order valence-corrected chi connectivity index (χ2v) is 20.6. The van der Waals surface area contributed by atoms with E-state index in [1.807, 2.05) is 0 Å². The summed E-state index contributed by atoms with van der Waals surface area (Å²) < 4.78 is 16.9. The first-order valence-corrected chi connectivity index (χ1v) is 30.6. The summed E-state index contributed by atoms with van der Waals surface area (Å²) in [5.74, 6) is -0.873.